The van der Waals surface area contributed by atoms with Crippen LogP contribution in [0.3, 0.4) is 0 Å². The van der Waals surface area contributed by atoms with Crippen molar-refractivity contribution in [2.45, 2.75) is 27.2 Å². The van der Waals surface area contributed by atoms with Crippen LogP contribution >= 0.6 is 0 Å². The molecule has 1 nitrogen and oxygen atoms in total. The second-order valence-electron chi connectivity index (χ2n) is 4.07. The van der Waals surface area contributed by atoms with E-state index in [2.05, 4.69) is 27.4 Å². The first-order valence-corrected chi connectivity index (χ1v) is 4.19. The molecule has 0 aromatic heterocycles. The molecule has 0 aromatic carbocycles. The third kappa shape index (κ3) is 5.78. The summed E-state index contributed by atoms with van der Waals surface area (Å²) in [6.45, 7) is 10.3. The number of allylic oxidation sites excluding steroid dienone is 4. The fraction of sp³-hybridized carbons (Fsp3) is 0.455. The van der Waals surface area contributed by atoms with Gasteiger partial charge in [0.05, 0.1) is 0 Å². The minimum atomic E-state index is 0.300. The highest BCUT2D eigenvalue weighted by Crippen LogP contribution is 2.24. The van der Waals surface area contributed by atoms with Gasteiger partial charge in [0.15, 0.2) is 0 Å². The highest BCUT2D eigenvalue weighted by molar-refractivity contribution is 5.23. The van der Waals surface area contributed by atoms with Crippen molar-refractivity contribution in [3.05, 3.63) is 36.6 Å². The molecular weight excluding hydrogens is 146 g/mol. The Bertz CT molecular complexity index is 192. The molecule has 0 bridgehead atoms. The Morgan fingerprint density at radius 2 is 2.00 bits per heavy atom. The van der Waals surface area contributed by atoms with Gasteiger partial charge in [-0.15, -0.1) is 0 Å². The van der Waals surface area contributed by atoms with Gasteiger partial charge >= 0.3 is 0 Å². The first kappa shape index (κ1) is 11.0. The number of rotatable bonds is 3. The molecule has 0 unspecified atom stereocenters. The van der Waals surface area contributed by atoms with Crippen LogP contribution in [0.15, 0.2) is 36.6 Å². The van der Waals surface area contributed by atoms with E-state index in [4.69, 9.17) is 5.73 Å². The Labute approximate surface area is 75.7 Å². The molecule has 0 aliphatic carbocycles. The lowest BCUT2D eigenvalue weighted by Gasteiger charge is -2.18. The maximum atomic E-state index is 5.32. The predicted molar refractivity (Wildman–Crippen MR) is 55.7 cm³/mol. The lowest BCUT2D eigenvalue weighted by atomic mass is 9.88. The van der Waals surface area contributed by atoms with Crippen LogP contribution in [0.5, 0.6) is 0 Å². The van der Waals surface area contributed by atoms with Gasteiger partial charge in [0, 0.05) is 0 Å². The summed E-state index contributed by atoms with van der Waals surface area (Å²) in [6, 6.07) is 0. The average molecular weight is 165 g/mol. The molecule has 68 valence electrons. The third-order valence-corrected chi connectivity index (χ3v) is 1.38. The van der Waals surface area contributed by atoms with E-state index in [1.54, 1.807) is 12.3 Å². The predicted octanol–water partition coefficient (Wildman–Crippen LogP) is 3.01. The second-order valence-corrected chi connectivity index (χ2v) is 4.07. The molecule has 0 aromatic rings. The van der Waals surface area contributed by atoms with Crippen LogP contribution in [0.1, 0.15) is 27.2 Å². The van der Waals surface area contributed by atoms with Crippen molar-refractivity contribution >= 4 is 0 Å². The summed E-state index contributed by atoms with van der Waals surface area (Å²) in [4.78, 5) is 0. The zero-order valence-corrected chi connectivity index (χ0v) is 8.30. The topological polar surface area (TPSA) is 26.0 Å². The minimum absolute atomic E-state index is 0.300. The van der Waals surface area contributed by atoms with Crippen molar-refractivity contribution in [1.82, 2.24) is 0 Å². The fourth-order valence-electron chi connectivity index (χ4n) is 1.06. The van der Waals surface area contributed by atoms with E-state index in [9.17, 15) is 0 Å². The van der Waals surface area contributed by atoms with Gasteiger partial charge in [0.1, 0.15) is 0 Å². The van der Waals surface area contributed by atoms with Gasteiger partial charge in [0.25, 0.3) is 0 Å². The normalized spacial score (nSPS) is 13.8. The summed E-state index contributed by atoms with van der Waals surface area (Å²) in [6.07, 6.45) is 8.30. The molecule has 0 aliphatic rings. The monoisotopic (exact) mass is 165 g/mol. The lowest BCUT2D eigenvalue weighted by molar-refractivity contribution is 0.413. The summed E-state index contributed by atoms with van der Waals surface area (Å²) >= 11 is 0. The molecule has 2 N–H and O–H groups in total. The van der Waals surface area contributed by atoms with Crippen LogP contribution in [-0.4, -0.2) is 0 Å². The fourth-order valence-corrected chi connectivity index (χ4v) is 1.06. The quantitative estimate of drug-likeness (QED) is 0.639. The molecule has 0 spiro atoms. The lowest BCUT2D eigenvalue weighted by Crippen LogP contribution is -2.05. The summed E-state index contributed by atoms with van der Waals surface area (Å²) in [5, 5.41) is 0. The molecule has 0 atom stereocenters. The maximum absolute atomic E-state index is 5.32. The number of hydrogen-bond donors (Lipinski definition) is 1. The van der Waals surface area contributed by atoms with Crippen molar-refractivity contribution in [3.63, 3.8) is 0 Å². The first-order valence-electron chi connectivity index (χ1n) is 4.19. The standard InChI is InChI=1S/C11H19N/c1-5-6-10(7-8-12)9-11(2,3)4/h5-8H,1,9,12H2,2-4H3/b8-7-,10-6+. The van der Waals surface area contributed by atoms with Crippen LogP contribution in [0.2, 0.25) is 0 Å². The summed E-state index contributed by atoms with van der Waals surface area (Å²) in [5.74, 6) is 0. The second kappa shape index (κ2) is 4.81. The highest BCUT2D eigenvalue weighted by Gasteiger charge is 2.10. The highest BCUT2D eigenvalue weighted by atomic mass is 14.5. The van der Waals surface area contributed by atoms with Crippen LogP contribution < -0.4 is 5.73 Å². The van der Waals surface area contributed by atoms with Gasteiger partial charge in [-0.2, -0.15) is 0 Å². The zero-order chi connectivity index (χ0) is 9.61. The molecule has 12 heavy (non-hydrogen) atoms. The molecule has 0 fully saturated rings. The van der Waals surface area contributed by atoms with Gasteiger partial charge in [0.2, 0.25) is 0 Å². The van der Waals surface area contributed by atoms with E-state index < -0.39 is 0 Å². The number of hydrogen-bond acceptors (Lipinski definition) is 1. The van der Waals surface area contributed by atoms with E-state index in [1.165, 1.54) is 5.57 Å². The molecule has 0 heterocycles. The van der Waals surface area contributed by atoms with Crippen LogP contribution in [0.4, 0.5) is 0 Å². The van der Waals surface area contributed by atoms with Gasteiger partial charge in [-0.1, -0.05) is 39.5 Å². The van der Waals surface area contributed by atoms with Crippen molar-refractivity contribution in [2.75, 3.05) is 0 Å². The molecule has 0 saturated heterocycles. The van der Waals surface area contributed by atoms with Gasteiger partial charge < -0.3 is 5.73 Å². The van der Waals surface area contributed by atoms with E-state index in [-0.39, 0.29) is 0 Å². The average Bonchev–Trinajstić information content (AvgIpc) is 1.84. The van der Waals surface area contributed by atoms with E-state index in [0.717, 1.165) is 6.42 Å². The molecule has 0 saturated carbocycles. The Balaban J connectivity index is 4.34. The first-order chi connectivity index (χ1) is 5.49. The van der Waals surface area contributed by atoms with E-state index in [0.29, 0.717) is 5.41 Å². The Hall–Kier alpha value is -0.980. The van der Waals surface area contributed by atoms with Crippen LogP contribution in [-0.2, 0) is 0 Å². The third-order valence-electron chi connectivity index (χ3n) is 1.38. The summed E-state index contributed by atoms with van der Waals surface area (Å²) in [7, 11) is 0. The minimum Gasteiger partial charge on any atom is -0.405 e. The summed E-state index contributed by atoms with van der Waals surface area (Å²) in [5.41, 5.74) is 6.85. The maximum Gasteiger partial charge on any atom is -0.00596 e. The van der Waals surface area contributed by atoms with Crippen LogP contribution in [0, 0.1) is 5.41 Å². The number of nitrogens with two attached hydrogens (primary N) is 1. The smallest absolute Gasteiger partial charge is 0.00596 e. The SMILES string of the molecule is C=C/C=C(\C=C/N)CC(C)(C)C. The molecule has 1 heteroatoms. The van der Waals surface area contributed by atoms with Crippen molar-refractivity contribution in [2.24, 2.45) is 11.1 Å². The van der Waals surface area contributed by atoms with Crippen molar-refractivity contribution < 1.29 is 0 Å². The zero-order valence-electron chi connectivity index (χ0n) is 8.30. The van der Waals surface area contributed by atoms with Gasteiger partial charge in [-0.3, -0.25) is 0 Å². The Morgan fingerprint density at radius 3 is 2.33 bits per heavy atom. The Kier molecular flexibility index (Phi) is 4.42. The largest absolute Gasteiger partial charge is 0.405 e. The molecule has 0 radical (unpaired) electrons. The molecule has 0 aliphatic heterocycles. The van der Waals surface area contributed by atoms with E-state index >= 15 is 0 Å². The van der Waals surface area contributed by atoms with Gasteiger partial charge in [-0.05, 0) is 29.7 Å². The van der Waals surface area contributed by atoms with Crippen molar-refractivity contribution in [3.8, 4) is 0 Å². The molecule has 0 rings (SSSR count). The van der Waals surface area contributed by atoms with Crippen molar-refractivity contribution in [1.29, 1.82) is 0 Å². The van der Waals surface area contributed by atoms with Crippen LogP contribution in [0.25, 0.3) is 0 Å². The molecular formula is C11H19N. The Morgan fingerprint density at radius 1 is 1.42 bits per heavy atom. The van der Waals surface area contributed by atoms with Gasteiger partial charge in [-0.25, -0.2) is 0 Å². The summed E-state index contributed by atoms with van der Waals surface area (Å²) < 4.78 is 0. The molecule has 0 amide bonds. The van der Waals surface area contributed by atoms with E-state index in [1.807, 2.05) is 12.2 Å².